The molecule has 2 aromatic heterocycles. The highest BCUT2D eigenvalue weighted by molar-refractivity contribution is 5.83. The Balaban J connectivity index is 2.16. The van der Waals surface area contributed by atoms with Gasteiger partial charge in [-0.05, 0) is 32.0 Å². The van der Waals surface area contributed by atoms with Crippen molar-refractivity contribution in [3.05, 3.63) is 42.5 Å². The van der Waals surface area contributed by atoms with Gasteiger partial charge in [-0.2, -0.15) is 0 Å². The van der Waals surface area contributed by atoms with Crippen molar-refractivity contribution in [2.24, 2.45) is 0 Å². The summed E-state index contributed by atoms with van der Waals surface area (Å²) in [6.07, 6.45) is 5.85. The molecule has 0 saturated heterocycles. The smallest absolute Gasteiger partial charge is 0.103 e. The number of rotatable bonds is 1. The topological polar surface area (TPSA) is 32.3 Å². The Bertz CT molecular complexity index is 582. The number of fused-ring (bicyclic) bond motifs is 1. The molecule has 0 aromatic carbocycles. The van der Waals surface area contributed by atoms with Crippen LogP contribution in [-0.4, -0.2) is 23.2 Å². The van der Waals surface area contributed by atoms with E-state index >= 15 is 0 Å². The monoisotopic (exact) mass is 240 g/mol. The molecule has 1 unspecified atom stereocenters. The number of aryl methyl sites for hydroxylation is 1. The van der Waals surface area contributed by atoms with Gasteiger partial charge in [0.15, 0.2) is 0 Å². The molecule has 0 saturated carbocycles. The van der Waals surface area contributed by atoms with Crippen molar-refractivity contribution in [3.63, 3.8) is 0 Å². The highest BCUT2D eigenvalue weighted by Crippen LogP contribution is 2.42. The maximum absolute atomic E-state index is 4.38. The fourth-order valence-electron chi connectivity index (χ4n) is 2.50. The van der Waals surface area contributed by atoms with E-state index in [4.69, 9.17) is 0 Å². The Morgan fingerprint density at radius 3 is 2.72 bits per heavy atom. The van der Waals surface area contributed by atoms with Crippen LogP contribution in [0, 0.1) is 6.92 Å². The van der Waals surface area contributed by atoms with Crippen molar-refractivity contribution in [1.82, 2.24) is 9.97 Å². The average molecular weight is 240 g/mol. The van der Waals surface area contributed by atoms with E-state index in [0.717, 1.165) is 17.1 Å². The van der Waals surface area contributed by atoms with Crippen LogP contribution in [0.2, 0.25) is 0 Å². The number of hydrogen-bond acceptors (Lipinski definition) is 4. The molecule has 18 heavy (non-hydrogen) atoms. The van der Waals surface area contributed by atoms with Gasteiger partial charge in [0.1, 0.15) is 6.17 Å². The van der Waals surface area contributed by atoms with E-state index in [-0.39, 0.29) is 6.17 Å². The molecule has 0 aliphatic carbocycles. The van der Waals surface area contributed by atoms with Crippen LogP contribution in [0.5, 0.6) is 0 Å². The highest BCUT2D eigenvalue weighted by Gasteiger charge is 2.32. The van der Waals surface area contributed by atoms with Crippen molar-refractivity contribution in [1.29, 1.82) is 0 Å². The predicted molar refractivity (Wildman–Crippen MR) is 73.2 cm³/mol. The second-order valence-electron chi connectivity index (χ2n) is 4.59. The van der Waals surface area contributed by atoms with Gasteiger partial charge in [0.2, 0.25) is 0 Å². The number of nitrogens with zero attached hydrogens (tertiary/aromatic N) is 4. The van der Waals surface area contributed by atoms with Gasteiger partial charge in [-0.15, -0.1) is 0 Å². The molecule has 0 amide bonds. The van der Waals surface area contributed by atoms with Gasteiger partial charge in [-0.25, -0.2) is 0 Å². The molecule has 1 aliphatic rings. The van der Waals surface area contributed by atoms with E-state index in [1.54, 1.807) is 0 Å². The molecule has 0 N–H and O–H groups in total. The van der Waals surface area contributed by atoms with Crippen LogP contribution in [-0.2, 0) is 0 Å². The first kappa shape index (κ1) is 11.0. The lowest BCUT2D eigenvalue weighted by atomic mass is 10.2. The Labute approximate surface area is 107 Å². The summed E-state index contributed by atoms with van der Waals surface area (Å²) in [5.41, 5.74) is 4.53. The zero-order valence-electron chi connectivity index (χ0n) is 10.8. The predicted octanol–water partition coefficient (Wildman–Crippen LogP) is 2.72. The largest absolute Gasteiger partial charge is 0.352 e. The molecule has 0 spiro atoms. The number of anilines is 3. The summed E-state index contributed by atoms with van der Waals surface area (Å²) < 4.78 is 0. The van der Waals surface area contributed by atoms with Crippen LogP contribution in [0.4, 0.5) is 17.1 Å². The number of hydrogen-bond donors (Lipinski definition) is 0. The van der Waals surface area contributed by atoms with Crippen molar-refractivity contribution < 1.29 is 0 Å². The molecule has 0 radical (unpaired) electrons. The normalized spacial score (nSPS) is 18.1. The van der Waals surface area contributed by atoms with Crippen molar-refractivity contribution >= 4 is 17.1 Å². The molecule has 92 valence electrons. The lowest BCUT2D eigenvalue weighted by Gasteiger charge is -2.28. The van der Waals surface area contributed by atoms with Crippen LogP contribution in [0.25, 0.3) is 0 Å². The molecule has 1 atom stereocenters. The molecule has 4 nitrogen and oxygen atoms in total. The van der Waals surface area contributed by atoms with Gasteiger partial charge in [0.25, 0.3) is 0 Å². The fraction of sp³-hybridized carbons (Fsp3) is 0.286. The van der Waals surface area contributed by atoms with Crippen LogP contribution < -0.4 is 9.80 Å². The number of aromatic nitrogens is 2. The number of pyridine rings is 2. The van der Waals surface area contributed by atoms with Crippen molar-refractivity contribution in [2.75, 3.05) is 16.8 Å². The van der Waals surface area contributed by atoms with Crippen LogP contribution in [0.15, 0.2) is 36.8 Å². The van der Waals surface area contributed by atoms with Crippen molar-refractivity contribution in [3.8, 4) is 0 Å². The molecule has 3 rings (SSSR count). The lowest BCUT2D eigenvalue weighted by molar-refractivity contribution is 0.731. The summed E-state index contributed by atoms with van der Waals surface area (Å²) in [6.45, 7) is 4.23. The zero-order valence-corrected chi connectivity index (χ0v) is 10.8. The minimum absolute atomic E-state index is 0.270. The molecule has 0 fully saturated rings. The lowest BCUT2D eigenvalue weighted by Crippen LogP contribution is -2.36. The summed E-state index contributed by atoms with van der Waals surface area (Å²) >= 11 is 0. The highest BCUT2D eigenvalue weighted by atomic mass is 15.4. The van der Waals surface area contributed by atoms with E-state index in [9.17, 15) is 0 Å². The molecule has 0 bridgehead atoms. The van der Waals surface area contributed by atoms with E-state index in [0.29, 0.717) is 0 Å². The maximum atomic E-state index is 4.38. The third kappa shape index (κ3) is 1.45. The Morgan fingerprint density at radius 2 is 1.94 bits per heavy atom. The minimum atomic E-state index is 0.270. The van der Waals surface area contributed by atoms with Crippen molar-refractivity contribution in [2.45, 2.75) is 20.0 Å². The Hall–Kier alpha value is -2.10. The van der Waals surface area contributed by atoms with Crippen LogP contribution in [0.3, 0.4) is 0 Å². The SMILES string of the molecule is Cc1ncccc1N1c2cnccc2N(C)C1C. The maximum Gasteiger partial charge on any atom is 0.103 e. The summed E-state index contributed by atoms with van der Waals surface area (Å²) in [6, 6.07) is 6.13. The standard InChI is InChI=1S/C14H16N4/c1-10-12(5-4-7-16-10)18-11(2)17(3)13-6-8-15-9-14(13)18/h4-9,11H,1-3H3. The molecule has 3 heterocycles. The van der Waals surface area contributed by atoms with E-state index in [1.807, 2.05) is 31.6 Å². The Kier molecular flexibility index (Phi) is 2.44. The summed E-state index contributed by atoms with van der Waals surface area (Å²) in [7, 11) is 2.11. The summed E-state index contributed by atoms with van der Waals surface area (Å²) in [5.74, 6) is 0. The average Bonchev–Trinajstić information content (AvgIpc) is 2.64. The minimum Gasteiger partial charge on any atom is -0.352 e. The van der Waals surface area contributed by atoms with Gasteiger partial charge in [-0.1, -0.05) is 0 Å². The first-order valence-corrected chi connectivity index (χ1v) is 6.08. The van der Waals surface area contributed by atoms with E-state index < -0.39 is 0 Å². The third-order valence-corrected chi connectivity index (χ3v) is 3.59. The van der Waals surface area contributed by atoms with Gasteiger partial charge < -0.3 is 9.80 Å². The fourth-order valence-corrected chi connectivity index (χ4v) is 2.50. The zero-order chi connectivity index (χ0) is 12.7. The van der Waals surface area contributed by atoms with Gasteiger partial charge in [0, 0.05) is 19.4 Å². The molecule has 1 aliphatic heterocycles. The first-order chi connectivity index (χ1) is 8.70. The van der Waals surface area contributed by atoms with Crippen LogP contribution in [0.1, 0.15) is 12.6 Å². The second-order valence-corrected chi connectivity index (χ2v) is 4.59. The summed E-state index contributed by atoms with van der Waals surface area (Å²) in [5, 5.41) is 0. The van der Waals surface area contributed by atoms with Gasteiger partial charge in [0.05, 0.1) is 29.0 Å². The second kappa shape index (κ2) is 3.98. The quantitative estimate of drug-likeness (QED) is 0.767. The molecule has 4 heteroatoms. The van der Waals surface area contributed by atoms with E-state index in [1.165, 1.54) is 5.69 Å². The Morgan fingerprint density at radius 1 is 1.11 bits per heavy atom. The molecular weight excluding hydrogens is 224 g/mol. The molecule has 2 aromatic rings. The first-order valence-electron chi connectivity index (χ1n) is 6.08. The van der Waals surface area contributed by atoms with E-state index in [2.05, 4.69) is 45.9 Å². The third-order valence-electron chi connectivity index (χ3n) is 3.59. The summed E-state index contributed by atoms with van der Waals surface area (Å²) in [4.78, 5) is 13.2. The van der Waals surface area contributed by atoms with Crippen LogP contribution >= 0.6 is 0 Å². The molecular formula is C14H16N4. The van der Waals surface area contributed by atoms with Gasteiger partial charge >= 0.3 is 0 Å². The van der Waals surface area contributed by atoms with Gasteiger partial charge in [-0.3, -0.25) is 9.97 Å².